The number of alkyl halides is 2. The summed E-state index contributed by atoms with van der Waals surface area (Å²) in [4.78, 5) is 10.3. The standard InChI is InChI=1S/C10H9Cl2NO3/c1-16-9-3-2-6(4-8(9)13(14)15)7-5-10(7,11)12/h2-4,7H,5H2,1H3/t7-/m0/s1. The number of halogens is 2. The first-order chi connectivity index (χ1) is 7.45. The Kier molecular flexibility index (Phi) is 2.72. The lowest BCUT2D eigenvalue weighted by Crippen LogP contribution is -1.96. The van der Waals surface area contributed by atoms with E-state index in [-0.39, 0.29) is 17.4 Å². The highest BCUT2D eigenvalue weighted by molar-refractivity contribution is 6.51. The highest BCUT2D eigenvalue weighted by atomic mass is 35.5. The number of methoxy groups -OCH3 is 1. The Bertz CT molecular complexity index is 448. The summed E-state index contributed by atoms with van der Waals surface area (Å²) in [6, 6.07) is 4.79. The van der Waals surface area contributed by atoms with Gasteiger partial charge in [0.2, 0.25) is 0 Å². The van der Waals surface area contributed by atoms with Gasteiger partial charge in [0, 0.05) is 12.0 Å². The second-order valence-corrected chi connectivity index (χ2v) is 5.25. The van der Waals surface area contributed by atoms with Crippen molar-refractivity contribution < 1.29 is 9.66 Å². The molecule has 6 heteroatoms. The van der Waals surface area contributed by atoms with Gasteiger partial charge < -0.3 is 4.74 Å². The first-order valence-electron chi connectivity index (χ1n) is 4.66. The zero-order valence-electron chi connectivity index (χ0n) is 8.44. The SMILES string of the molecule is COc1ccc([C@@H]2CC2(Cl)Cl)cc1[N+](=O)[O-]. The molecule has 1 saturated carbocycles. The van der Waals surface area contributed by atoms with Crippen LogP contribution in [0.3, 0.4) is 0 Å². The summed E-state index contributed by atoms with van der Waals surface area (Å²) in [7, 11) is 1.40. The third kappa shape index (κ3) is 1.95. The number of nitro benzene ring substituents is 1. The van der Waals surface area contributed by atoms with E-state index in [1.807, 2.05) is 0 Å². The molecular formula is C10H9Cl2NO3. The monoisotopic (exact) mass is 261 g/mol. The molecule has 0 spiro atoms. The van der Waals surface area contributed by atoms with Gasteiger partial charge in [0.1, 0.15) is 4.33 Å². The number of benzene rings is 1. The van der Waals surface area contributed by atoms with Crippen molar-refractivity contribution in [1.82, 2.24) is 0 Å². The van der Waals surface area contributed by atoms with Crippen molar-refractivity contribution in [1.29, 1.82) is 0 Å². The van der Waals surface area contributed by atoms with Crippen molar-refractivity contribution in [3.05, 3.63) is 33.9 Å². The summed E-state index contributed by atoms with van der Waals surface area (Å²) in [5.41, 5.74) is 0.716. The highest BCUT2D eigenvalue weighted by Crippen LogP contribution is 2.60. The van der Waals surface area contributed by atoms with Crippen LogP contribution in [-0.4, -0.2) is 16.4 Å². The zero-order chi connectivity index (χ0) is 11.9. The molecule has 0 saturated heterocycles. The predicted octanol–water partition coefficient (Wildman–Crippen LogP) is 3.26. The van der Waals surface area contributed by atoms with E-state index in [2.05, 4.69) is 0 Å². The van der Waals surface area contributed by atoms with E-state index in [1.54, 1.807) is 12.1 Å². The summed E-state index contributed by atoms with van der Waals surface area (Å²) in [6.45, 7) is 0. The third-order valence-corrected chi connectivity index (χ3v) is 3.46. The first-order valence-corrected chi connectivity index (χ1v) is 5.41. The van der Waals surface area contributed by atoms with Crippen LogP contribution >= 0.6 is 23.2 Å². The van der Waals surface area contributed by atoms with Gasteiger partial charge in [-0.25, -0.2) is 0 Å². The van der Waals surface area contributed by atoms with Crippen LogP contribution in [0.2, 0.25) is 0 Å². The van der Waals surface area contributed by atoms with Crippen molar-refractivity contribution in [2.75, 3.05) is 7.11 Å². The van der Waals surface area contributed by atoms with E-state index >= 15 is 0 Å². The van der Waals surface area contributed by atoms with Crippen LogP contribution in [0.4, 0.5) is 5.69 Å². The van der Waals surface area contributed by atoms with Gasteiger partial charge >= 0.3 is 5.69 Å². The summed E-state index contributed by atoms with van der Waals surface area (Å²) in [5.74, 6) is 0.213. The maximum atomic E-state index is 10.8. The molecule has 1 aromatic rings. The van der Waals surface area contributed by atoms with Crippen molar-refractivity contribution in [3.63, 3.8) is 0 Å². The summed E-state index contributed by atoms with van der Waals surface area (Å²) >= 11 is 11.8. The zero-order valence-corrected chi connectivity index (χ0v) is 9.96. The second-order valence-electron chi connectivity index (χ2n) is 3.71. The second kappa shape index (κ2) is 3.79. The van der Waals surface area contributed by atoms with Gasteiger partial charge in [0.25, 0.3) is 0 Å². The molecule has 1 aliphatic carbocycles. The fourth-order valence-corrected chi connectivity index (χ4v) is 2.20. The number of hydrogen-bond acceptors (Lipinski definition) is 3. The average molecular weight is 262 g/mol. The lowest BCUT2D eigenvalue weighted by Gasteiger charge is -2.04. The van der Waals surface area contributed by atoms with Crippen molar-refractivity contribution in [3.8, 4) is 5.75 Å². The van der Waals surface area contributed by atoms with Crippen molar-refractivity contribution in [2.45, 2.75) is 16.7 Å². The van der Waals surface area contributed by atoms with Crippen molar-refractivity contribution in [2.24, 2.45) is 0 Å². The van der Waals surface area contributed by atoms with Gasteiger partial charge in [-0.3, -0.25) is 10.1 Å². The number of ether oxygens (including phenoxy) is 1. The van der Waals surface area contributed by atoms with E-state index in [9.17, 15) is 10.1 Å². The molecule has 4 nitrogen and oxygen atoms in total. The van der Waals surface area contributed by atoms with Gasteiger partial charge in [-0.2, -0.15) is 0 Å². The van der Waals surface area contributed by atoms with E-state index in [0.29, 0.717) is 6.42 Å². The molecule has 0 amide bonds. The maximum absolute atomic E-state index is 10.8. The van der Waals surface area contributed by atoms with Gasteiger partial charge in [0.05, 0.1) is 12.0 Å². The fourth-order valence-electron chi connectivity index (χ4n) is 1.64. The molecule has 1 atom stereocenters. The van der Waals surface area contributed by atoms with Crippen LogP contribution in [0.5, 0.6) is 5.75 Å². The number of rotatable bonds is 3. The summed E-state index contributed by atoms with van der Waals surface area (Å²) in [5, 5.41) is 10.8. The Labute approximate surface area is 102 Å². The number of hydrogen-bond donors (Lipinski definition) is 0. The molecule has 0 aromatic heterocycles. The largest absolute Gasteiger partial charge is 0.490 e. The first kappa shape index (κ1) is 11.5. The van der Waals surface area contributed by atoms with Crippen LogP contribution in [0.1, 0.15) is 17.9 Å². The van der Waals surface area contributed by atoms with Gasteiger partial charge in [0.15, 0.2) is 5.75 Å². The van der Waals surface area contributed by atoms with Gasteiger partial charge in [-0.05, 0) is 18.1 Å². The molecule has 0 N–H and O–H groups in total. The number of nitrogens with zero attached hydrogens (tertiary/aromatic N) is 1. The molecule has 16 heavy (non-hydrogen) atoms. The molecule has 2 rings (SSSR count). The minimum Gasteiger partial charge on any atom is -0.490 e. The lowest BCUT2D eigenvalue weighted by molar-refractivity contribution is -0.385. The average Bonchev–Trinajstić information content (AvgIpc) is 2.86. The van der Waals surface area contributed by atoms with Crippen LogP contribution < -0.4 is 4.74 Å². The normalized spacial score (nSPS) is 21.6. The molecule has 0 heterocycles. The molecule has 86 valence electrons. The maximum Gasteiger partial charge on any atom is 0.311 e. The predicted molar refractivity (Wildman–Crippen MR) is 61.4 cm³/mol. The Morgan fingerprint density at radius 2 is 2.19 bits per heavy atom. The molecule has 0 radical (unpaired) electrons. The van der Waals surface area contributed by atoms with Crippen LogP contribution in [0, 0.1) is 10.1 Å². The van der Waals surface area contributed by atoms with Gasteiger partial charge in [-0.15, -0.1) is 23.2 Å². The highest BCUT2D eigenvalue weighted by Gasteiger charge is 2.52. The fraction of sp³-hybridized carbons (Fsp3) is 0.400. The van der Waals surface area contributed by atoms with Crippen molar-refractivity contribution >= 4 is 28.9 Å². The van der Waals surface area contributed by atoms with Crippen LogP contribution in [0.15, 0.2) is 18.2 Å². The van der Waals surface area contributed by atoms with E-state index < -0.39 is 9.26 Å². The quantitative estimate of drug-likeness (QED) is 0.477. The minimum absolute atomic E-state index is 0.0274. The Hall–Kier alpha value is -1.00. The molecule has 1 aliphatic rings. The lowest BCUT2D eigenvalue weighted by atomic mass is 10.1. The molecule has 1 fully saturated rings. The van der Waals surface area contributed by atoms with E-state index in [1.165, 1.54) is 13.2 Å². The summed E-state index contributed by atoms with van der Waals surface area (Å²) < 4.78 is 4.13. The Morgan fingerprint density at radius 3 is 2.62 bits per heavy atom. The third-order valence-electron chi connectivity index (χ3n) is 2.63. The molecular weight excluding hydrogens is 253 g/mol. The molecule has 1 aromatic carbocycles. The minimum atomic E-state index is -0.775. The van der Waals surface area contributed by atoms with Gasteiger partial charge in [-0.1, -0.05) is 6.07 Å². The van der Waals surface area contributed by atoms with Crippen LogP contribution in [0.25, 0.3) is 0 Å². The Morgan fingerprint density at radius 1 is 1.56 bits per heavy atom. The van der Waals surface area contributed by atoms with Crippen LogP contribution in [-0.2, 0) is 0 Å². The van der Waals surface area contributed by atoms with E-state index in [0.717, 1.165) is 5.56 Å². The number of nitro groups is 1. The molecule has 0 aliphatic heterocycles. The smallest absolute Gasteiger partial charge is 0.311 e. The van der Waals surface area contributed by atoms with E-state index in [4.69, 9.17) is 27.9 Å². The Balaban J connectivity index is 2.37. The topological polar surface area (TPSA) is 52.4 Å². The molecule has 0 bridgehead atoms. The molecule has 0 unspecified atom stereocenters. The summed E-state index contributed by atoms with van der Waals surface area (Å²) in [6.07, 6.45) is 0.625.